The van der Waals surface area contributed by atoms with Gasteiger partial charge in [-0.3, -0.25) is 0 Å². The summed E-state index contributed by atoms with van der Waals surface area (Å²) in [7, 11) is 5.97. The van der Waals surface area contributed by atoms with Crippen molar-refractivity contribution in [2.24, 2.45) is 0 Å². The Morgan fingerprint density at radius 1 is 1.21 bits per heavy atom. The van der Waals surface area contributed by atoms with Gasteiger partial charge in [-0.15, -0.1) is 0 Å². The lowest BCUT2D eigenvalue weighted by Gasteiger charge is -2.21. The van der Waals surface area contributed by atoms with E-state index in [1.165, 1.54) is 10.5 Å². The Hall–Kier alpha value is -2.34. The number of hydrogen-bond acceptors (Lipinski definition) is 3. The summed E-state index contributed by atoms with van der Waals surface area (Å²) in [5, 5.41) is 3.79. The van der Waals surface area contributed by atoms with Crippen molar-refractivity contribution in [1.29, 1.82) is 0 Å². The molecular weight excluding hydrogens is 376 g/mol. The van der Waals surface area contributed by atoms with Crippen molar-refractivity contribution in [2.45, 2.75) is 19.5 Å². The molecule has 1 atom stereocenters. The van der Waals surface area contributed by atoms with Gasteiger partial charge in [0.15, 0.2) is 6.04 Å². The Bertz CT molecular complexity index is 1030. The molecule has 3 aromatic rings. The SMILES string of the molecule is COc1cccc([C@H](C[NH2+]Cc2cc(=O)oc3cc(C)c(Cl)cc23)[NH+](C)C)c1. The lowest BCUT2D eigenvalue weighted by molar-refractivity contribution is -0.910. The number of methoxy groups -OCH3 is 1. The third-order valence-electron chi connectivity index (χ3n) is 5.07. The normalized spacial score (nSPS) is 12.5. The van der Waals surface area contributed by atoms with Gasteiger partial charge in [0.05, 0.1) is 21.2 Å². The zero-order chi connectivity index (χ0) is 20.3. The molecule has 3 N–H and O–H groups in total. The van der Waals surface area contributed by atoms with Crippen molar-refractivity contribution < 1.29 is 19.4 Å². The number of aryl methyl sites for hydroxylation is 1. The average Bonchev–Trinajstić information content (AvgIpc) is 2.66. The molecule has 0 bridgehead atoms. The largest absolute Gasteiger partial charge is 0.497 e. The van der Waals surface area contributed by atoms with Crippen LogP contribution < -0.4 is 20.6 Å². The van der Waals surface area contributed by atoms with Crippen LogP contribution in [0.1, 0.15) is 22.7 Å². The van der Waals surface area contributed by atoms with E-state index < -0.39 is 0 Å². The molecule has 0 aliphatic heterocycles. The van der Waals surface area contributed by atoms with E-state index >= 15 is 0 Å². The van der Waals surface area contributed by atoms with E-state index in [-0.39, 0.29) is 5.63 Å². The maximum atomic E-state index is 12.0. The zero-order valence-electron chi connectivity index (χ0n) is 16.7. The zero-order valence-corrected chi connectivity index (χ0v) is 17.5. The Kier molecular flexibility index (Phi) is 6.39. The van der Waals surface area contributed by atoms with E-state index in [1.54, 1.807) is 13.2 Å². The lowest BCUT2D eigenvalue weighted by atomic mass is 10.0. The highest BCUT2D eigenvalue weighted by molar-refractivity contribution is 6.32. The highest BCUT2D eigenvalue weighted by Crippen LogP contribution is 2.24. The minimum Gasteiger partial charge on any atom is -0.497 e. The number of quaternary nitrogens is 2. The summed E-state index contributed by atoms with van der Waals surface area (Å²) in [4.78, 5) is 13.3. The lowest BCUT2D eigenvalue weighted by Crippen LogP contribution is -3.09. The van der Waals surface area contributed by atoms with E-state index in [1.807, 2.05) is 31.2 Å². The smallest absolute Gasteiger partial charge is 0.336 e. The highest BCUT2D eigenvalue weighted by Gasteiger charge is 2.21. The van der Waals surface area contributed by atoms with E-state index in [2.05, 4.69) is 31.5 Å². The predicted octanol–water partition coefficient (Wildman–Crippen LogP) is 1.71. The highest BCUT2D eigenvalue weighted by atomic mass is 35.5. The molecule has 1 aromatic heterocycles. The molecule has 0 amide bonds. The molecule has 0 saturated heterocycles. The van der Waals surface area contributed by atoms with Crippen LogP contribution in [0.15, 0.2) is 51.7 Å². The quantitative estimate of drug-likeness (QED) is 0.591. The molecular formula is C22H27ClN2O3+2. The van der Waals surface area contributed by atoms with Crippen molar-refractivity contribution in [1.82, 2.24) is 0 Å². The fourth-order valence-electron chi connectivity index (χ4n) is 3.49. The monoisotopic (exact) mass is 402 g/mol. The molecule has 0 saturated carbocycles. The van der Waals surface area contributed by atoms with Gasteiger partial charge in [-0.1, -0.05) is 23.7 Å². The van der Waals surface area contributed by atoms with E-state index in [9.17, 15) is 4.79 Å². The van der Waals surface area contributed by atoms with Crippen molar-refractivity contribution >= 4 is 22.6 Å². The number of ether oxygens (including phenoxy) is 1. The fraction of sp³-hybridized carbons (Fsp3) is 0.318. The van der Waals surface area contributed by atoms with Crippen molar-refractivity contribution in [3.05, 3.63) is 74.6 Å². The maximum absolute atomic E-state index is 12.0. The van der Waals surface area contributed by atoms with Gasteiger partial charge in [0, 0.05) is 27.6 Å². The van der Waals surface area contributed by atoms with E-state index in [0.717, 1.165) is 28.8 Å². The summed E-state index contributed by atoms with van der Waals surface area (Å²) in [5.74, 6) is 0.862. The van der Waals surface area contributed by atoms with E-state index in [4.69, 9.17) is 20.8 Å². The van der Waals surface area contributed by atoms with Crippen LogP contribution in [0.3, 0.4) is 0 Å². The summed E-state index contributed by atoms with van der Waals surface area (Å²) in [6.45, 7) is 3.45. The first-order chi connectivity index (χ1) is 13.4. The summed E-state index contributed by atoms with van der Waals surface area (Å²) >= 11 is 6.29. The molecule has 5 nitrogen and oxygen atoms in total. The van der Waals surface area contributed by atoms with Crippen LogP contribution in [-0.4, -0.2) is 27.7 Å². The van der Waals surface area contributed by atoms with Crippen LogP contribution in [0.25, 0.3) is 11.0 Å². The average molecular weight is 403 g/mol. The Morgan fingerprint density at radius 2 is 2.00 bits per heavy atom. The van der Waals surface area contributed by atoms with Gasteiger partial charge >= 0.3 is 5.63 Å². The molecule has 1 heterocycles. The van der Waals surface area contributed by atoms with Gasteiger partial charge in [0.25, 0.3) is 0 Å². The van der Waals surface area contributed by atoms with Crippen molar-refractivity contribution in [3.63, 3.8) is 0 Å². The summed E-state index contributed by atoms with van der Waals surface area (Å²) < 4.78 is 10.7. The molecule has 2 aromatic carbocycles. The number of halogens is 1. The van der Waals surface area contributed by atoms with Crippen molar-refractivity contribution in [2.75, 3.05) is 27.7 Å². The number of fused-ring (bicyclic) bond motifs is 1. The summed E-state index contributed by atoms with van der Waals surface area (Å²) in [6.07, 6.45) is 0. The van der Waals surface area contributed by atoms with Gasteiger partial charge in [0.1, 0.15) is 24.4 Å². The second kappa shape index (κ2) is 8.78. The van der Waals surface area contributed by atoms with Crippen molar-refractivity contribution in [3.8, 4) is 5.75 Å². The molecule has 6 heteroatoms. The summed E-state index contributed by atoms with van der Waals surface area (Å²) in [5.41, 5.74) is 3.31. The molecule has 28 heavy (non-hydrogen) atoms. The van der Waals surface area contributed by atoms with Crippen LogP contribution in [0.2, 0.25) is 5.02 Å². The van der Waals surface area contributed by atoms with Crippen LogP contribution in [-0.2, 0) is 6.54 Å². The topological polar surface area (TPSA) is 60.5 Å². The first kappa shape index (κ1) is 20.4. The first-order valence-electron chi connectivity index (χ1n) is 9.37. The number of benzene rings is 2. The Labute approximate surface area is 169 Å². The number of nitrogens with two attached hydrogens (primary N) is 1. The molecule has 0 spiro atoms. The third kappa shape index (κ3) is 4.55. The molecule has 0 fully saturated rings. The van der Waals surface area contributed by atoms with Gasteiger partial charge in [-0.2, -0.15) is 0 Å². The second-order valence-corrected chi connectivity index (χ2v) is 7.73. The molecule has 0 aliphatic carbocycles. The third-order valence-corrected chi connectivity index (χ3v) is 5.48. The van der Waals surface area contributed by atoms with Crippen LogP contribution in [0, 0.1) is 6.92 Å². The molecule has 3 rings (SSSR count). The first-order valence-corrected chi connectivity index (χ1v) is 9.75. The number of hydrogen-bond donors (Lipinski definition) is 2. The molecule has 0 unspecified atom stereocenters. The number of likely N-dealkylation sites (N-methyl/N-ethyl adjacent to an activating group) is 1. The van der Waals surface area contributed by atoms with Gasteiger partial charge < -0.3 is 19.4 Å². The summed E-state index contributed by atoms with van der Waals surface area (Å²) in [6, 6.07) is 13.8. The predicted molar refractivity (Wildman–Crippen MR) is 111 cm³/mol. The maximum Gasteiger partial charge on any atom is 0.336 e. The standard InChI is InChI=1S/C22H25ClN2O3/c1-14-8-21-18(11-19(14)23)16(10-22(26)28-21)12-24-13-20(25(2)3)15-6-5-7-17(9-15)27-4/h5-11,20,24H,12-13H2,1-4H3/p+2/t20-/m0/s1. The molecule has 0 radical (unpaired) electrons. The number of rotatable bonds is 7. The van der Waals surface area contributed by atoms with Gasteiger partial charge in [-0.25, -0.2) is 4.79 Å². The van der Waals surface area contributed by atoms with Crippen LogP contribution >= 0.6 is 11.6 Å². The van der Waals surface area contributed by atoms with E-state index in [0.29, 0.717) is 23.2 Å². The second-order valence-electron chi connectivity index (χ2n) is 7.32. The number of nitrogens with one attached hydrogen (secondary N) is 1. The van der Waals surface area contributed by atoms with Crippen LogP contribution in [0.4, 0.5) is 0 Å². The molecule has 0 aliphatic rings. The Morgan fingerprint density at radius 3 is 2.71 bits per heavy atom. The van der Waals surface area contributed by atoms with Gasteiger partial charge in [-0.05, 0) is 36.8 Å². The molecule has 148 valence electrons. The fourth-order valence-corrected chi connectivity index (χ4v) is 3.65. The van der Waals surface area contributed by atoms with Gasteiger partial charge in [0.2, 0.25) is 0 Å². The van der Waals surface area contributed by atoms with Crippen LogP contribution in [0.5, 0.6) is 5.75 Å². The minimum atomic E-state index is -0.333. The minimum absolute atomic E-state index is 0.298. The Balaban J connectivity index is 1.81.